The van der Waals surface area contributed by atoms with Crippen LogP contribution in [0.1, 0.15) is 23.2 Å². The van der Waals surface area contributed by atoms with Crippen molar-refractivity contribution in [1.29, 1.82) is 0 Å². The van der Waals surface area contributed by atoms with Crippen LogP contribution in [0.2, 0.25) is 0 Å². The van der Waals surface area contributed by atoms with Crippen LogP contribution < -0.4 is 24.3 Å². The number of hydrogen-bond acceptors (Lipinski definition) is 6. The van der Waals surface area contributed by atoms with E-state index in [1.807, 2.05) is 18.2 Å². The van der Waals surface area contributed by atoms with Crippen molar-refractivity contribution >= 4 is 11.6 Å². The van der Waals surface area contributed by atoms with Crippen LogP contribution in [0.4, 0.5) is 5.69 Å². The third-order valence-electron chi connectivity index (χ3n) is 4.51. The molecule has 1 aliphatic heterocycles. The molecule has 0 bridgehead atoms. The normalized spacial score (nSPS) is 15.8. The zero-order chi connectivity index (χ0) is 19.9. The van der Waals surface area contributed by atoms with Crippen molar-refractivity contribution in [2.75, 3.05) is 39.9 Å². The zero-order valence-electron chi connectivity index (χ0n) is 16.3. The summed E-state index contributed by atoms with van der Waals surface area (Å²) in [5.74, 6) is 1.54. The molecule has 0 aliphatic carbocycles. The number of carbonyl (C=O) groups is 1. The van der Waals surface area contributed by atoms with Crippen LogP contribution in [-0.4, -0.2) is 46.6 Å². The summed E-state index contributed by atoms with van der Waals surface area (Å²) in [6.45, 7) is 1.23. The van der Waals surface area contributed by atoms with E-state index >= 15 is 0 Å². The molecule has 1 heterocycles. The third-order valence-corrected chi connectivity index (χ3v) is 4.51. The molecule has 7 heteroatoms. The molecule has 1 N–H and O–H groups in total. The van der Waals surface area contributed by atoms with Crippen LogP contribution >= 0.6 is 0 Å². The van der Waals surface area contributed by atoms with E-state index in [1.165, 1.54) is 21.3 Å². The number of ether oxygens (including phenoxy) is 5. The molecule has 3 rings (SSSR count). The maximum Gasteiger partial charge on any atom is 0.256 e. The van der Waals surface area contributed by atoms with Crippen LogP contribution in [0.25, 0.3) is 0 Å². The Morgan fingerprint density at radius 3 is 2.39 bits per heavy atom. The standard InChI is InChI=1S/C21H25NO6/c1-24-18-11-14(12-19(25-2)20(18)26-3)21(23)22-16-8-4-5-9-17(16)28-13-15-7-6-10-27-15/h4-5,8-9,11-12,15H,6-7,10,13H2,1-3H3,(H,22,23)/t15-/m1/s1. The van der Waals surface area contributed by atoms with E-state index in [9.17, 15) is 4.79 Å². The van der Waals surface area contributed by atoms with E-state index in [1.54, 1.807) is 18.2 Å². The molecular weight excluding hydrogens is 362 g/mol. The Bertz CT molecular complexity index is 791. The fourth-order valence-electron chi connectivity index (χ4n) is 3.06. The van der Waals surface area contributed by atoms with Crippen molar-refractivity contribution in [3.05, 3.63) is 42.0 Å². The quantitative estimate of drug-likeness (QED) is 0.747. The number of anilines is 1. The van der Waals surface area contributed by atoms with Crippen LogP contribution in [0, 0.1) is 0 Å². The Hall–Kier alpha value is -2.93. The van der Waals surface area contributed by atoms with Gasteiger partial charge in [0.1, 0.15) is 12.4 Å². The van der Waals surface area contributed by atoms with Gasteiger partial charge in [-0.15, -0.1) is 0 Å². The lowest BCUT2D eigenvalue weighted by Crippen LogP contribution is -2.18. The van der Waals surface area contributed by atoms with Crippen molar-refractivity contribution in [3.8, 4) is 23.0 Å². The molecule has 0 saturated carbocycles. The van der Waals surface area contributed by atoms with Gasteiger partial charge < -0.3 is 29.0 Å². The number of nitrogens with one attached hydrogen (secondary N) is 1. The third kappa shape index (κ3) is 4.48. The molecule has 7 nitrogen and oxygen atoms in total. The van der Waals surface area contributed by atoms with Crippen LogP contribution in [-0.2, 0) is 4.74 Å². The van der Waals surface area contributed by atoms with Gasteiger partial charge in [0.15, 0.2) is 11.5 Å². The van der Waals surface area contributed by atoms with Crippen molar-refractivity contribution in [2.45, 2.75) is 18.9 Å². The van der Waals surface area contributed by atoms with E-state index in [2.05, 4.69) is 5.32 Å². The summed E-state index contributed by atoms with van der Waals surface area (Å²) in [5.41, 5.74) is 0.961. The topological polar surface area (TPSA) is 75.3 Å². The second kappa shape index (κ2) is 9.32. The lowest BCUT2D eigenvalue weighted by atomic mass is 10.1. The molecule has 2 aromatic carbocycles. The zero-order valence-corrected chi connectivity index (χ0v) is 16.3. The average Bonchev–Trinajstić information content (AvgIpc) is 3.25. The minimum absolute atomic E-state index is 0.0962. The maximum atomic E-state index is 12.8. The number of para-hydroxylation sites is 2. The fourth-order valence-corrected chi connectivity index (χ4v) is 3.06. The van der Waals surface area contributed by atoms with Gasteiger partial charge in [-0.3, -0.25) is 4.79 Å². The lowest BCUT2D eigenvalue weighted by molar-refractivity contribution is 0.0682. The molecule has 2 aromatic rings. The van der Waals surface area contributed by atoms with Gasteiger partial charge in [-0.25, -0.2) is 0 Å². The Morgan fingerprint density at radius 1 is 1.07 bits per heavy atom. The van der Waals surface area contributed by atoms with E-state index in [0.29, 0.717) is 40.9 Å². The largest absolute Gasteiger partial charge is 0.493 e. The molecule has 0 radical (unpaired) electrons. The van der Waals surface area contributed by atoms with Crippen molar-refractivity contribution in [1.82, 2.24) is 0 Å². The van der Waals surface area contributed by atoms with E-state index < -0.39 is 0 Å². The van der Waals surface area contributed by atoms with Crippen molar-refractivity contribution in [2.24, 2.45) is 0 Å². The number of rotatable bonds is 8. The first-order valence-electron chi connectivity index (χ1n) is 9.11. The first-order valence-corrected chi connectivity index (χ1v) is 9.11. The number of methoxy groups -OCH3 is 3. The summed E-state index contributed by atoms with van der Waals surface area (Å²) in [7, 11) is 4.53. The van der Waals surface area contributed by atoms with Crippen molar-refractivity contribution in [3.63, 3.8) is 0 Å². The van der Waals surface area contributed by atoms with Crippen molar-refractivity contribution < 1.29 is 28.5 Å². The predicted molar refractivity (Wildman–Crippen MR) is 105 cm³/mol. The second-order valence-corrected chi connectivity index (χ2v) is 6.31. The lowest BCUT2D eigenvalue weighted by Gasteiger charge is -2.16. The monoisotopic (exact) mass is 387 g/mol. The molecule has 0 spiro atoms. The van der Waals surface area contributed by atoms with Gasteiger partial charge in [0.05, 0.1) is 33.1 Å². The van der Waals surface area contributed by atoms with Crippen LogP contribution in [0.5, 0.6) is 23.0 Å². The Balaban J connectivity index is 1.77. The van der Waals surface area contributed by atoms with Gasteiger partial charge in [-0.05, 0) is 37.1 Å². The second-order valence-electron chi connectivity index (χ2n) is 6.31. The Labute approximate surface area is 164 Å². The van der Waals surface area contributed by atoms with Crippen LogP contribution in [0.3, 0.4) is 0 Å². The molecule has 0 aromatic heterocycles. The summed E-state index contributed by atoms with van der Waals surface area (Å²) in [6, 6.07) is 10.5. The highest BCUT2D eigenvalue weighted by Crippen LogP contribution is 2.38. The number of carbonyl (C=O) groups excluding carboxylic acids is 1. The minimum atomic E-state index is -0.313. The first-order chi connectivity index (χ1) is 13.7. The number of benzene rings is 2. The van der Waals surface area contributed by atoms with Gasteiger partial charge in [0, 0.05) is 12.2 Å². The van der Waals surface area contributed by atoms with Gasteiger partial charge in [0.2, 0.25) is 5.75 Å². The molecule has 150 valence electrons. The average molecular weight is 387 g/mol. The number of hydrogen-bond donors (Lipinski definition) is 1. The first kappa shape index (κ1) is 19.8. The molecule has 1 saturated heterocycles. The van der Waals surface area contributed by atoms with Gasteiger partial charge in [-0.1, -0.05) is 12.1 Å². The summed E-state index contributed by atoms with van der Waals surface area (Å²) >= 11 is 0. The maximum absolute atomic E-state index is 12.8. The molecule has 1 amide bonds. The molecule has 1 aliphatic rings. The highest BCUT2D eigenvalue weighted by Gasteiger charge is 2.19. The predicted octanol–water partition coefficient (Wildman–Crippen LogP) is 3.52. The van der Waals surface area contributed by atoms with Gasteiger partial charge >= 0.3 is 0 Å². The summed E-state index contributed by atoms with van der Waals surface area (Å²) in [6.07, 6.45) is 2.13. The fraction of sp³-hybridized carbons (Fsp3) is 0.381. The van der Waals surface area contributed by atoms with E-state index in [-0.39, 0.29) is 12.0 Å². The highest BCUT2D eigenvalue weighted by atomic mass is 16.5. The Morgan fingerprint density at radius 2 is 1.79 bits per heavy atom. The van der Waals surface area contributed by atoms with E-state index in [0.717, 1.165) is 19.4 Å². The number of amides is 1. The summed E-state index contributed by atoms with van der Waals surface area (Å²) in [4.78, 5) is 12.8. The molecule has 28 heavy (non-hydrogen) atoms. The summed E-state index contributed by atoms with van der Waals surface area (Å²) in [5, 5.41) is 2.89. The van der Waals surface area contributed by atoms with E-state index in [4.69, 9.17) is 23.7 Å². The Kier molecular flexibility index (Phi) is 6.60. The molecule has 1 atom stereocenters. The molecule has 0 unspecified atom stereocenters. The minimum Gasteiger partial charge on any atom is -0.493 e. The molecular formula is C21H25NO6. The molecule has 1 fully saturated rings. The highest BCUT2D eigenvalue weighted by molar-refractivity contribution is 6.05. The van der Waals surface area contributed by atoms with Crippen LogP contribution in [0.15, 0.2) is 36.4 Å². The van der Waals surface area contributed by atoms with Gasteiger partial charge in [0.25, 0.3) is 5.91 Å². The van der Waals surface area contributed by atoms with Gasteiger partial charge in [-0.2, -0.15) is 0 Å². The SMILES string of the molecule is COc1cc(C(=O)Nc2ccccc2OC[C@H]2CCCO2)cc(OC)c1OC. The summed E-state index contributed by atoms with van der Waals surface area (Å²) < 4.78 is 27.4. The smallest absolute Gasteiger partial charge is 0.256 e.